The van der Waals surface area contributed by atoms with Crippen molar-refractivity contribution in [3.63, 3.8) is 0 Å². The summed E-state index contributed by atoms with van der Waals surface area (Å²) >= 11 is 0. The molecular formula is C65H110O6. The third kappa shape index (κ3) is 57.1. The van der Waals surface area contributed by atoms with Crippen LogP contribution in [0.2, 0.25) is 0 Å². The van der Waals surface area contributed by atoms with Crippen molar-refractivity contribution in [2.45, 2.75) is 284 Å². The van der Waals surface area contributed by atoms with E-state index >= 15 is 0 Å². The highest BCUT2D eigenvalue weighted by Crippen LogP contribution is 2.14. The fourth-order valence-electron chi connectivity index (χ4n) is 8.16. The molecule has 0 radical (unpaired) electrons. The molecule has 0 heterocycles. The van der Waals surface area contributed by atoms with Crippen LogP contribution in [0.3, 0.4) is 0 Å². The Morgan fingerprint density at radius 2 is 0.521 bits per heavy atom. The molecule has 6 heteroatoms. The first kappa shape index (κ1) is 67.3. The lowest BCUT2D eigenvalue weighted by Gasteiger charge is -2.18. The number of hydrogen-bond donors (Lipinski definition) is 0. The number of allylic oxidation sites excluding steroid dienone is 16. The van der Waals surface area contributed by atoms with E-state index in [1.54, 1.807) is 0 Å². The average molecular weight is 988 g/mol. The fraction of sp³-hybridized carbons (Fsp3) is 0.708. The summed E-state index contributed by atoms with van der Waals surface area (Å²) in [5.74, 6) is -0.939. The van der Waals surface area contributed by atoms with Gasteiger partial charge in [-0.2, -0.15) is 0 Å². The first-order valence-electron chi connectivity index (χ1n) is 29.8. The first-order valence-corrected chi connectivity index (χ1v) is 29.8. The zero-order chi connectivity index (χ0) is 51.4. The van der Waals surface area contributed by atoms with Crippen LogP contribution < -0.4 is 0 Å². The highest BCUT2D eigenvalue weighted by molar-refractivity contribution is 5.71. The Morgan fingerprint density at radius 3 is 0.859 bits per heavy atom. The van der Waals surface area contributed by atoms with Gasteiger partial charge < -0.3 is 14.2 Å². The Kier molecular flexibility index (Phi) is 55.9. The predicted molar refractivity (Wildman–Crippen MR) is 307 cm³/mol. The summed E-state index contributed by atoms with van der Waals surface area (Å²) in [6, 6.07) is 0. The van der Waals surface area contributed by atoms with Gasteiger partial charge in [0.1, 0.15) is 13.2 Å². The maximum absolute atomic E-state index is 12.9. The minimum Gasteiger partial charge on any atom is -0.462 e. The van der Waals surface area contributed by atoms with Crippen molar-refractivity contribution in [3.8, 4) is 0 Å². The predicted octanol–water partition coefficient (Wildman–Crippen LogP) is 20.1. The molecule has 0 amide bonds. The quantitative estimate of drug-likeness (QED) is 0.0199. The molecule has 0 aliphatic heterocycles. The molecule has 1 atom stereocenters. The van der Waals surface area contributed by atoms with Crippen LogP contribution in [-0.4, -0.2) is 37.2 Å². The van der Waals surface area contributed by atoms with Gasteiger partial charge in [0.2, 0.25) is 0 Å². The van der Waals surface area contributed by atoms with Crippen LogP contribution in [0.15, 0.2) is 97.2 Å². The molecule has 406 valence electrons. The molecule has 0 spiro atoms. The molecule has 71 heavy (non-hydrogen) atoms. The monoisotopic (exact) mass is 987 g/mol. The van der Waals surface area contributed by atoms with Gasteiger partial charge in [0, 0.05) is 19.3 Å². The molecule has 0 N–H and O–H groups in total. The second-order valence-electron chi connectivity index (χ2n) is 19.7. The minimum absolute atomic E-state index is 0.0964. The lowest BCUT2D eigenvalue weighted by atomic mass is 10.1. The number of esters is 3. The molecule has 0 aromatic carbocycles. The zero-order valence-corrected chi connectivity index (χ0v) is 46.5. The summed E-state index contributed by atoms with van der Waals surface area (Å²) in [5.41, 5.74) is 0. The Balaban J connectivity index is 4.49. The molecule has 0 saturated carbocycles. The standard InChI is InChI=1S/C65H110O6/c1-4-7-10-13-16-19-22-25-28-31-34-37-40-43-46-49-52-55-58-64(67)70-61-62(60-69-63(66)57-54-51-48-45-42-39-36-33-30-27-24-21-18-15-12-9-6-3)71-65(68)59-56-53-50-47-44-41-38-35-32-29-26-23-20-17-14-11-8-5-2/h16,19,22-23,25-32,34-35,37-38,62H,4-15,17-18,20-21,24,33,36,39-61H2,1-3H3/b19-16-,25-22-,26-23-,30-27-,31-28-,32-29-,37-34-,38-35-. The van der Waals surface area contributed by atoms with Gasteiger partial charge in [-0.15, -0.1) is 0 Å². The summed E-state index contributed by atoms with van der Waals surface area (Å²) < 4.78 is 16.9. The maximum atomic E-state index is 12.9. The van der Waals surface area contributed by atoms with Gasteiger partial charge in [0.15, 0.2) is 6.10 Å². The minimum atomic E-state index is -0.802. The van der Waals surface area contributed by atoms with Crippen LogP contribution >= 0.6 is 0 Å². The second-order valence-corrected chi connectivity index (χ2v) is 19.7. The number of hydrogen-bond acceptors (Lipinski definition) is 6. The van der Waals surface area contributed by atoms with Crippen LogP contribution in [0.1, 0.15) is 278 Å². The van der Waals surface area contributed by atoms with Gasteiger partial charge in [0.25, 0.3) is 0 Å². The topological polar surface area (TPSA) is 78.9 Å². The molecule has 0 saturated heterocycles. The van der Waals surface area contributed by atoms with E-state index in [4.69, 9.17) is 14.2 Å². The van der Waals surface area contributed by atoms with Crippen molar-refractivity contribution in [2.24, 2.45) is 0 Å². The molecule has 1 unspecified atom stereocenters. The van der Waals surface area contributed by atoms with E-state index in [0.717, 1.165) is 109 Å². The van der Waals surface area contributed by atoms with Crippen molar-refractivity contribution in [1.82, 2.24) is 0 Å². The highest BCUT2D eigenvalue weighted by Gasteiger charge is 2.19. The molecule has 0 aliphatic carbocycles. The van der Waals surface area contributed by atoms with E-state index in [-0.39, 0.29) is 31.1 Å². The Hall–Kier alpha value is -3.67. The number of unbranched alkanes of at least 4 members (excludes halogenated alkanes) is 31. The molecular weight excluding hydrogens is 877 g/mol. The van der Waals surface area contributed by atoms with Crippen molar-refractivity contribution in [1.29, 1.82) is 0 Å². The largest absolute Gasteiger partial charge is 0.462 e. The van der Waals surface area contributed by atoms with E-state index in [1.165, 1.54) is 128 Å². The molecule has 0 aromatic rings. The first-order chi connectivity index (χ1) is 35.0. The summed E-state index contributed by atoms with van der Waals surface area (Å²) in [7, 11) is 0. The summed E-state index contributed by atoms with van der Waals surface area (Å²) in [4.78, 5) is 38.2. The van der Waals surface area contributed by atoms with Crippen LogP contribution in [0, 0.1) is 0 Å². The third-order valence-corrected chi connectivity index (χ3v) is 12.7. The van der Waals surface area contributed by atoms with Gasteiger partial charge in [-0.1, -0.05) is 259 Å². The van der Waals surface area contributed by atoms with E-state index < -0.39 is 6.10 Å². The van der Waals surface area contributed by atoms with Gasteiger partial charge >= 0.3 is 17.9 Å². The van der Waals surface area contributed by atoms with Gasteiger partial charge in [-0.05, 0) is 96.3 Å². The van der Waals surface area contributed by atoms with Crippen LogP contribution in [-0.2, 0) is 28.6 Å². The normalized spacial score (nSPS) is 12.8. The molecule has 0 bridgehead atoms. The number of carbonyl (C=O) groups is 3. The average Bonchev–Trinajstić information content (AvgIpc) is 3.37. The summed E-state index contributed by atoms with van der Waals surface area (Å²) in [5, 5.41) is 0. The Labute approximate surface area is 438 Å². The van der Waals surface area contributed by atoms with E-state index in [2.05, 4.69) is 118 Å². The van der Waals surface area contributed by atoms with Gasteiger partial charge in [-0.3, -0.25) is 14.4 Å². The number of carbonyl (C=O) groups excluding carboxylic acids is 3. The second kappa shape index (κ2) is 58.9. The summed E-state index contributed by atoms with van der Waals surface area (Å²) in [6.45, 7) is 6.55. The molecule has 0 aliphatic rings. The van der Waals surface area contributed by atoms with Crippen molar-refractivity contribution in [2.75, 3.05) is 13.2 Å². The van der Waals surface area contributed by atoms with E-state index in [0.29, 0.717) is 19.3 Å². The number of ether oxygens (including phenoxy) is 3. The van der Waals surface area contributed by atoms with Crippen LogP contribution in [0.4, 0.5) is 0 Å². The van der Waals surface area contributed by atoms with Crippen molar-refractivity contribution < 1.29 is 28.6 Å². The van der Waals surface area contributed by atoms with E-state index in [1.807, 2.05) is 0 Å². The third-order valence-electron chi connectivity index (χ3n) is 12.7. The highest BCUT2D eigenvalue weighted by atomic mass is 16.6. The SMILES string of the molecule is CCCCC\C=C/C=C\C=C/C=C\CCCCCCCC(=O)OCC(COC(=O)CCCCCCCCC/C=C\CCCCCCCC)OC(=O)CCCCCCC\C=C/C=C\C=C/CCCCCCC. The van der Waals surface area contributed by atoms with E-state index in [9.17, 15) is 14.4 Å². The zero-order valence-electron chi connectivity index (χ0n) is 46.5. The molecule has 0 fully saturated rings. The number of rotatable bonds is 53. The molecule has 6 nitrogen and oxygen atoms in total. The van der Waals surface area contributed by atoms with Crippen molar-refractivity contribution in [3.05, 3.63) is 97.2 Å². The molecule has 0 aromatic heterocycles. The van der Waals surface area contributed by atoms with Crippen LogP contribution in [0.25, 0.3) is 0 Å². The van der Waals surface area contributed by atoms with Crippen molar-refractivity contribution >= 4 is 17.9 Å². The smallest absolute Gasteiger partial charge is 0.306 e. The lowest BCUT2D eigenvalue weighted by molar-refractivity contribution is -0.167. The maximum Gasteiger partial charge on any atom is 0.306 e. The van der Waals surface area contributed by atoms with Gasteiger partial charge in [-0.25, -0.2) is 0 Å². The molecule has 0 rings (SSSR count). The van der Waals surface area contributed by atoms with Gasteiger partial charge in [0.05, 0.1) is 0 Å². The Bertz CT molecular complexity index is 1410. The van der Waals surface area contributed by atoms with Crippen LogP contribution in [0.5, 0.6) is 0 Å². The fourth-order valence-corrected chi connectivity index (χ4v) is 8.16. The Morgan fingerprint density at radius 1 is 0.282 bits per heavy atom. The summed E-state index contributed by atoms with van der Waals surface area (Å²) in [6.07, 6.45) is 78.1. The lowest BCUT2D eigenvalue weighted by Crippen LogP contribution is -2.30.